The molecule has 0 spiro atoms. The number of carbonyl (C=O) groups is 1. The Morgan fingerprint density at radius 1 is 1.62 bits per heavy atom. The van der Waals surface area contributed by atoms with E-state index in [2.05, 4.69) is 4.98 Å². The van der Waals surface area contributed by atoms with Crippen molar-refractivity contribution < 1.29 is 18.0 Å². The number of nitrogens with two attached hydrogens (primary N) is 1. The molecule has 2 N–H and O–H groups in total. The Hall–Kier alpha value is -0.950. The van der Waals surface area contributed by atoms with Crippen molar-refractivity contribution in [2.45, 2.75) is 32.0 Å². The summed E-state index contributed by atoms with van der Waals surface area (Å²) >= 11 is 1.18. The molecule has 0 saturated carbocycles. The van der Waals surface area contributed by atoms with E-state index in [9.17, 15) is 18.0 Å². The molecule has 0 fully saturated rings. The highest BCUT2D eigenvalue weighted by atomic mass is 32.1. The van der Waals surface area contributed by atoms with Crippen LogP contribution in [-0.4, -0.2) is 16.9 Å². The third-order valence-corrected chi connectivity index (χ3v) is 2.88. The van der Waals surface area contributed by atoms with E-state index in [0.29, 0.717) is 5.01 Å². The Morgan fingerprint density at radius 3 is 2.69 bits per heavy atom. The van der Waals surface area contributed by atoms with E-state index in [1.54, 1.807) is 6.92 Å². The maximum absolute atomic E-state index is 11.9. The number of thiazole rings is 1. The van der Waals surface area contributed by atoms with Crippen LogP contribution in [0.25, 0.3) is 0 Å². The van der Waals surface area contributed by atoms with Crippen LogP contribution in [0.5, 0.6) is 0 Å². The summed E-state index contributed by atoms with van der Waals surface area (Å²) in [5.41, 5.74) is 5.60. The first-order chi connectivity index (χ1) is 7.29. The molecule has 0 aliphatic heterocycles. The van der Waals surface area contributed by atoms with Crippen LogP contribution >= 0.6 is 11.3 Å². The van der Waals surface area contributed by atoms with Gasteiger partial charge in [-0.1, -0.05) is 0 Å². The predicted octanol–water partition coefficient (Wildman–Crippen LogP) is 2.69. The van der Waals surface area contributed by atoms with Gasteiger partial charge in [-0.15, -0.1) is 11.3 Å². The maximum atomic E-state index is 11.9. The molecule has 1 rings (SSSR count). The first kappa shape index (κ1) is 13.1. The number of rotatable bonds is 4. The second-order valence-corrected chi connectivity index (χ2v) is 4.29. The quantitative estimate of drug-likeness (QED) is 0.838. The molecule has 7 heteroatoms. The Bertz CT molecular complexity index is 373. The van der Waals surface area contributed by atoms with Crippen LogP contribution in [0.15, 0.2) is 5.38 Å². The molecule has 0 aliphatic carbocycles. The van der Waals surface area contributed by atoms with Crippen molar-refractivity contribution >= 4 is 17.1 Å². The molecule has 1 atom stereocenters. The van der Waals surface area contributed by atoms with Gasteiger partial charge >= 0.3 is 6.18 Å². The van der Waals surface area contributed by atoms with E-state index >= 15 is 0 Å². The Labute approximate surface area is 94.5 Å². The lowest BCUT2D eigenvalue weighted by Gasteiger charge is -2.03. The number of halogens is 3. The Kier molecular flexibility index (Phi) is 4.03. The molecule has 1 heterocycles. The van der Waals surface area contributed by atoms with Crippen molar-refractivity contribution in [3.8, 4) is 0 Å². The lowest BCUT2D eigenvalue weighted by atomic mass is 10.2. The minimum atomic E-state index is -4.31. The zero-order chi connectivity index (χ0) is 12.3. The van der Waals surface area contributed by atoms with E-state index in [4.69, 9.17) is 5.73 Å². The van der Waals surface area contributed by atoms with Crippen LogP contribution in [0.4, 0.5) is 13.2 Å². The number of Topliss-reactive ketones (excluding diaryl/α,β-unsaturated/α-hetero) is 1. The third kappa shape index (κ3) is 3.90. The number of alkyl halides is 3. The van der Waals surface area contributed by atoms with Crippen molar-refractivity contribution in [2.75, 3.05) is 0 Å². The molecule has 90 valence electrons. The molecule has 0 bridgehead atoms. The molecule has 1 aromatic rings. The number of hydrogen-bond donors (Lipinski definition) is 1. The van der Waals surface area contributed by atoms with Gasteiger partial charge in [-0.2, -0.15) is 13.2 Å². The molecule has 1 unspecified atom stereocenters. The molecule has 0 aromatic carbocycles. The number of aromatic nitrogens is 1. The fourth-order valence-electron chi connectivity index (χ4n) is 1.01. The average molecular weight is 252 g/mol. The molecule has 16 heavy (non-hydrogen) atoms. The summed E-state index contributed by atoms with van der Waals surface area (Å²) < 4.78 is 35.6. The lowest BCUT2D eigenvalue weighted by molar-refractivity contribution is -0.133. The van der Waals surface area contributed by atoms with Crippen molar-refractivity contribution in [3.63, 3.8) is 0 Å². The van der Waals surface area contributed by atoms with Crippen molar-refractivity contribution in [3.05, 3.63) is 16.1 Å². The highest BCUT2D eigenvalue weighted by Crippen LogP contribution is 2.23. The standard InChI is InChI=1S/C9H11F3N2OS/c1-5(13)8-14-6(4-16-8)7(15)2-3-9(10,11)12/h4-5H,2-3,13H2,1H3. The van der Waals surface area contributed by atoms with Gasteiger partial charge in [0.25, 0.3) is 0 Å². The van der Waals surface area contributed by atoms with Gasteiger partial charge in [0, 0.05) is 11.8 Å². The lowest BCUT2D eigenvalue weighted by Crippen LogP contribution is -2.11. The highest BCUT2D eigenvalue weighted by molar-refractivity contribution is 7.09. The Balaban J connectivity index is 2.60. The first-order valence-corrected chi connectivity index (χ1v) is 5.48. The number of ketones is 1. The zero-order valence-corrected chi connectivity index (χ0v) is 9.36. The molecule has 0 saturated heterocycles. The van der Waals surface area contributed by atoms with Crippen LogP contribution in [0.1, 0.15) is 41.3 Å². The van der Waals surface area contributed by atoms with Gasteiger partial charge in [0.05, 0.1) is 12.5 Å². The largest absolute Gasteiger partial charge is 0.389 e. The number of nitrogens with zero attached hydrogens (tertiary/aromatic N) is 1. The van der Waals surface area contributed by atoms with Gasteiger partial charge in [0.2, 0.25) is 0 Å². The van der Waals surface area contributed by atoms with Crippen LogP contribution in [0, 0.1) is 0 Å². The van der Waals surface area contributed by atoms with E-state index in [1.807, 2.05) is 0 Å². The van der Waals surface area contributed by atoms with Gasteiger partial charge in [-0.3, -0.25) is 4.79 Å². The maximum Gasteiger partial charge on any atom is 0.389 e. The second-order valence-electron chi connectivity index (χ2n) is 3.40. The summed E-state index contributed by atoms with van der Waals surface area (Å²) in [5, 5.41) is 1.99. The predicted molar refractivity (Wildman–Crippen MR) is 54.3 cm³/mol. The smallest absolute Gasteiger partial charge is 0.322 e. The average Bonchev–Trinajstić information content (AvgIpc) is 2.61. The van der Waals surface area contributed by atoms with E-state index in [0.717, 1.165) is 0 Å². The molecule has 1 aromatic heterocycles. The van der Waals surface area contributed by atoms with E-state index in [1.165, 1.54) is 16.7 Å². The van der Waals surface area contributed by atoms with Crippen LogP contribution in [0.3, 0.4) is 0 Å². The summed E-state index contributed by atoms with van der Waals surface area (Å²) in [5.74, 6) is -0.597. The van der Waals surface area contributed by atoms with Crippen LogP contribution < -0.4 is 5.73 Å². The van der Waals surface area contributed by atoms with E-state index < -0.39 is 24.8 Å². The fraction of sp³-hybridized carbons (Fsp3) is 0.556. The van der Waals surface area contributed by atoms with Crippen LogP contribution in [0.2, 0.25) is 0 Å². The normalized spacial score (nSPS) is 13.8. The summed E-state index contributed by atoms with van der Waals surface area (Å²) in [6.07, 6.45) is -5.99. The second kappa shape index (κ2) is 4.92. The highest BCUT2D eigenvalue weighted by Gasteiger charge is 2.28. The van der Waals surface area contributed by atoms with E-state index in [-0.39, 0.29) is 11.7 Å². The third-order valence-electron chi connectivity index (χ3n) is 1.83. The molecule has 0 radical (unpaired) electrons. The number of carbonyl (C=O) groups excluding carboxylic acids is 1. The van der Waals surface area contributed by atoms with Gasteiger partial charge in [-0.25, -0.2) is 4.98 Å². The summed E-state index contributed by atoms with van der Waals surface area (Å²) in [6, 6.07) is -0.311. The van der Waals surface area contributed by atoms with Crippen molar-refractivity contribution in [1.82, 2.24) is 4.98 Å². The van der Waals surface area contributed by atoms with Gasteiger partial charge in [-0.05, 0) is 6.92 Å². The molecular weight excluding hydrogens is 241 g/mol. The Morgan fingerprint density at radius 2 is 2.25 bits per heavy atom. The summed E-state index contributed by atoms with van der Waals surface area (Å²) in [4.78, 5) is 15.2. The fourth-order valence-corrected chi connectivity index (χ4v) is 1.79. The SMILES string of the molecule is CC(N)c1nc(C(=O)CCC(F)(F)F)cs1. The molecule has 0 aliphatic rings. The minimum absolute atomic E-state index is 0.0709. The van der Waals surface area contributed by atoms with Crippen LogP contribution in [-0.2, 0) is 0 Å². The monoisotopic (exact) mass is 252 g/mol. The van der Waals surface area contributed by atoms with Gasteiger partial charge in [0.15, 0.2) is 5.78 Å². The zero-order valence-electron chi connectivity index (χ0n) is 8.54. The minimum Gasteiger partial charge on any atom is -0.322 e. The molecule has 0 amide bonds. The topological polar surface area (TPSA) is 56.0 Å². The first-order valence-electron chi connectivity index (χ1n) is 4.60. The summed E-state index contributed by atoms with van der Waals surface area (Å²) in [6.45, 7) is 1.70. The van der Waals surface area contributed by atoms with Crippen molar-refractivity contribution in [2.24, 2.45) is 5.73 Å². The molecular formula is C9H11F3N2OS. The number of hydrogen-bond acceptors (Lipinski definition) is 4. The molecule has 3 nitrogen and oxygen atoms in total. The summed E-state index contributed by atoms with van der Waals surface area (Å²) in [7, 11) is 0. The van der Waals surface area contributed by atoms with Gasteiger partial charge < -0.3 is 5.73 Å². The van der Waals surface area contributed by atoms with Crippen molar-refractivity contribution in [1.29, 1.82) is 0 Å². The van der Waals surface area contributed by atoms with Gasteiger partial charge in [0.1, 0.15) is 10.7 Å².